The number of alkyl halides is 3. The first-order valence-electron chi connectivity index (χ1n) is 7.02. The van der Waals surface area contributed by atoms with Crippen LogP contribution in [0.3, 0.4) is 0 Å². The van der Waals surface area contributed by atoms with Crippen LogP contribution in [0, 0.1) is 0 Å². The first-order chi connectivity index (χ1) is 11.2. The van der Waals surface area contributed by atoms with Gasteiger partial charge in [0.2, 0.25) is 6.54 Å². The average Bonchev–Trinajstić information content (AvgIpc) is 2.82. The Balaban J connectivity index is 0.000000351. The van der Waals surface area contributed by atoms with E-state index in [0.717, 1.165) is 30.4 Å². The van der Waals surface area contributed by atoms with E-state index in [9.17, 15) is 18.0 Å². The monoisotopic (exact) mass is 347 g/mol. The summed E-state index contributed by atoms with van der Waals surface area (Å²) in [6.07, 6.45) is -3.06. The highest BCUT2D eigenvalue weighted by Gasteiger charge is 2.28. The van der Waals surface area contributed by atoms with Crippen LogP contribution >= 0.6 is 0 Å². The highest BCUT2D eigenvalue weighted by atomic mass is 19.4. The summed E-state index contributed by atoms with van der Waals surface area (Å²) >= 11 is 0. The van der Waals surface area contributed by atoms with E-state index in [4.69, 9.17) is 15.0 Å². The lowest BCUT2D eigenvalue weighted by Crippen LogP contribution is -2.41. The van der Waals surface area contributed by atoms with Crippen LogP contribution < -0.4 is 9.79 Å². The van der Waals surface area contributed by atoms with Crippen LogP contribution in [-0.2, 0) is 22.7 Å². The fraction of sp³-hybridized carbons (Fsp3) is 0.429. The van der Waals surface area contributed by atoms with Gasteiger partial charge in [-0.05, 0) is 18.6 Å². The minimum Gasteiger partial charge on any atom is -0.542 e. The summed E-state index contributed by atoms with van der Waals surface area (Å²) in [5, 5.41) is 21.9. The minimum atomic E-state index is -5.19. The summed E-state index contributed by atoms with van der Waals surface area (Å²) in [4.78, 5) is 19.6. The predicted molar refractivity (Wildman–Crippen MR) is 73.5 cm³/mol. The molecule has 0 unspecified atom stereocenters. The van der Waals surface area contributed by atoms with E-state index in [1.165, 1.54) is 4.68 Å². The number of carboxylic acid groups (broad SMARTS) is 2. The lowest BCUT2D eigenvalue weighted by atomic mass is 10.3. The lowest BCUT2D eigenvalue weighted by molar-refractivity contribution is -0.722. The molecule has 0 fully saturated rings. The smallest absolute Gasteiger partial charge is 0.430 e. The number of rotatable bonds is 5. The number of aryl methyl sites for hydroxylation is 1. The number of fused-ring (bicyclic) bond motifs is 1. The molecule has 0 atom stereocenters. The number of para-hydroxylation sites is 2. The van der Waals surface area contributed by atoms with Crippen LogP contribution in [-0.4, -0.2) is 33.1 Å². The Morgan fingerprint density at radius 1 is 1.33 bits per heavy atom. The summed E-state index contributed by atoms with van der Waals surface area (Å²) in [6.45, 7) is 2.85. The van der Waals surface area contributed by atoms with Gasteiger partial charge in [0.15, 0.2) is 11.0 Å². The third-order valence-electron chi connectivity index (χ3n) is 2.89. The number of carbonyl (C=O) groups excluding carboxylic acids is 1. The summed E-state index contributed by atoms with van der Waals surface area (Å²) in [7, 11) is 0. The van der Waals surface area contributed by atoms with Gasteiger partial charge in [-0.3, -0.25) is 0 Å². The van der Waals surface area contributed by atoms with Crippen molar-refractivity contribution in [1.29, 1.82) is 0 Å². The van der Waals surface area contributed by atoms with Crippen molar-refractivity contribution in [2.45, 2.75) is 39.0 Å². The zero-order valence-electron chi connectivity index (χ0n) is 12.8. The third kappa shape index (κ3) is 5.52. The number of nitrogens with zero attached hydrogens (tertiary/aromatic N) is 3. The van der Waals surface area contributed by atoms with Crippen molar-refractivity contribution in [2.75, 3.05) is 0 Å². The topological polar surface area (TPSA) is 99.1 Å². The maximum atomic E-state index is 10.8. The summed E-state index contributed by atoms with van der Waals surface area (Å²) in [5.74, 6) is -3.88. The fourth-order valence-electron chi connectivity index (χ4n) is 1.85. The molecule has 1 aromatic carbocycles. The van der Waals surface area contributed by atoms with Crippen molar-refractivity contribution < 1.29 is 37.7 Å². The van der Waals surface area contributed by atoms with Gasteiger partial charge in [-0.25, -0.2) is 4.79 Å². The first kappa shape index (κ1) is 19.4. The molecule has 0 amide bonds. The second-order valence-corrected chi connectivity index (χ2v) is 4.79. The number of aliphatic carboxylic acids is 2. The van der Waals surface area contributed by atoms with E-state index in [2.05, 4.69) is 12.1 Å². The molecule has 2 rings (SSSR count). The van der Waals surface area contributed by atoms with Crippen LogP contribution in [0.1, 0.15) is 19.8 Å². The summed E-state index contributed by atoms with van der Waals surface area (Å²) < 4.78 is 35.0. The van der Waals surface area contributed by atoms with Gasteiger partial charge in [0.25, 0.3) is 0 Å². The second-order valence-electron chi connectivity index (χ2n) is 4.79. The molecule has 24 heavy (non-hydrogen) atoms. The zero-order chi connectivity index (χ0) is 18.3. The van der Waals surface area contributed by atoms with Crippen LogP contribution in [0.4, 0.5) is 13.2 Å². The van der Waals surface area contributed by atoms with Crippen molar-refractivity contribution in [3.05, 3.63) is 24.3 Å². The molecule has 7 nitrogen and oxygen atoms in total. The molecule has 0 saturated heterocycles. The van der Waals surface area contributed by atoms with Crippen molar-refractivity contribution in [3.63, 3.8) is 0 Å². The van der Waals surface area contributed by atoms with E-state index < -0.39 is 18.1 Å². The average molecular weight is 347 g/mol. The largest absolute Gasteiger partial charge is 0.542 e. The van der Waals surface area contributed by atoms with E-state index in [0.29, 0.717) is 0 Å². The Bertz CT molecular complexity index is 713. The van der Waals surface area contributed by atoms with E-state index in [1.807, 2.05) is 28.9 Å². The molecule has 10 heteroatoms. The molecular formula is C14H16F3N3O4. The Morgan fingerprint density at radius 3 is 2.42 bits per heavy atom. The molecule has 0 aliphatic heterocycles. The molecule has 0 aliphatic rings. The molecule has 0 bridgehead atoms. The van der Waals surface area contributed by atoms with Crippen LogP contribution in [0.5, 0.6) is 0 Å². The maximum absolute atomic E-state index is 10.8. The summed E-state index contributed by atoms with van der Waals surface area (Å²) in [5.41, 5.74) is 1.85. The van der Waals surface area contributed by atoms with Crippen LogP contribution in [0.25, 0.3) is 11.0 Å². The van der Waals surface area contributed by atoms with E-state index in [-0.39, 0.29) is 6.54 Å². The number of hydrogen-bond donors (Lipinski definition) is 1. The highest BCUT2D eigenvalue weighted by Crippen LogP contribution is 2.11. The number of carbonyl (C=O) groups is 2. The maximum Gasteiger partial charge on any atom is 0.430 e. The quantitative estimate of drug-likeness (QED) is 0.795. The molecule has 132 valence electrons. The molecule has 0 radical (unpaired) electrons. The second kappa shape index (κ2) is 8.27. The highest BCUT2D eigenvalue weighted by molar-refractivity contribution is 5.72. The number of aromatic nitrogens is 3. The molecule has 0 saturated carbocycles. The van der Waals surface area contributed by atoms with Gasteiger partial charge in [0.1, 0.15) is 12.5 Å². The van der Waals surface area contributed by atoms with Crippen molar-refractivity contribution in [3.8, 4) is 0 Å². The van der Waals surface area contributed by atoms with Crippen molar-refractivity contribution in [1.82, 2.24) is 9.90 Å². The lowest BCUT2D eigenvalue weighted by Gasteiger charge is -2.03. The number of unbranched alkanes of at least 4 members (excludes halogenated alkanes) is 1. The predicted octanol–water partition coefficient (Wildman–Crippen LogP) is 0.507. The van der Waals surface area contributed by atoms with Crippen LogP contribution in [0.15, 0.2) is 24.3 Å². The molecule has 0 aliphatic carbocycles. The molecule has 2 aromatic rings. The SMILES string of the molecule is CCCCn1n[n+](CC(=O)O)c2ccccc21.O=C([O-])C(F)(F)F. The standard InChI is InChI=1S/C12H15N3O2.C2HF3O2/c1-2-3-8-14-10-6-4-5-7-11(10)15(13-14)9-12(16)17;3-2(4,5)1(6)7/h4-7H,2-3,8-9H2,1H3;(H,6,7). The number of benzene rings is 1. The molecule has 1 N–H and O–H groups in total. The van der Waals surface area contributed by atoms with Crippen molar-refractivity contribution >= 4 is 23.0 Å². The van der Waals surface area contributed by atoms with Crippen molar-refractivity contribution in [2.24, 2.45) is 0 Å². The summed E-state index contributed by atoms with van der Waals surface area (Å²) in [6, 6.07) is 7.70. The normalized spacial score (nSPS) is 11.0. The van der Waals surface area contributed by atoms with E-state index in [1.54, 1.807) is 0 Å². The number of carboxylic acids is 2. The minimum absolute atomic E-state index is 0.0976. The first-order valence-corrected chi connectivity index (χ1v) is 7.02. The van der Waals surface area contributed by atoms with Gasteiger partial charge >= 0.3 is 12.1 Å². The molecule has 1 heterocycles. The Kier molecular flexibility index (Phi) is 6.69. The van der Waals surface area contributed by atoms with Gasteiger partial charge < -0.3 is 15.0 Å². The van der Waals surface area contributed by atoms with Crippen LogP contribution in [0.2, 0.25) is 0 Å². The Morgan fingerprint density at radius 2 is 1.92 bits per heavy atom. The van der Waals surface area contributed by atoms with Gasteiger partial charge in [-0.2, -0.15) is 13.2 Å². The van der Waals surface area contributed by atoms with Gasteiger partial charge in [-0.15, -0.1) is 9.36 Å². The molecule has 0 spiro atoms. The molecular weight excluding hydrogens is 331 g/mol. The fourth-order valence-corrected chi connectivity index (χ4v) is 1.85. The Labute approximate surface area is 134 Å². The molecule has 1 aromatic heterocycles. The van der Waals surface area contributed by atoms with Gasteiger partial charge in [0, 0.05) is 0 Å². The Hall–Kier alpha value is -2.65. The third-order valence-corrected chi connectivity index (χ3v) is 2.89. The van der Waals surface area contributed by atoms with Gasteiger partial charge in [0.05, 0.1) is 5.21 Å². The zero-order valence-corrected chi connectivity index (χ0v) is 12.8. The van der Waals surface area contributed by atoms with Gasteiger partial charge in [-0.1, -0.05) is 25.5 Å². The number of halogens is 3. The van der Waals surface area contributed by atoms with E-state index >= 15 is 0 Å². The number of hydrogen-bond acceptors (Lipinski definition) is 4.